The smallest absolute Gasteiger partial charge is 0.261 e. The molecule has 1 N–H and O–H groups in total. The summed E-state index contributed by atoms with van der Waals surface area (Å²) in [7, 11) is 0. The Hall–Kier alpha value is -2.36. The van der Waals surface area contributed by atoms with Gasteiger partial charge < -0.3 is 10.1 Å². The first-order valence-corrected chi connectivity index (χ1v) is 7.79. The van der Waals surface area contributed by atoms with E-state index in [0.29, 0.717) is 6.42 Å². The normalized spacial score (nSPS) is 13.2. The monoisotopic (exact) mass is 315 g/mol. The molecule has 3 nitrogen and oxygen atoms in total. The van der Waals surface area contributed by atoms with Crippen molar-refractivity contribution in [3.63, 3.8) is 0 Å². The first-order valence-electron chi connectivity index (χ1n) is 7.79. The van der Waals surface area contributed by atoms with Gasteiger partial charge in [-0.15, -0.1) is 0 Å². The molecule has 0 aromatic heterocycles. The molecule has 1 amide bonds. The van der Waals surface area contributed by atoms with Crippen molar-refractivity contribution < 1.29 is 13.9 Å². The summed E-state index contributed by atoms with van der Waals surface area (Å²) in [5, 5.41) is 2.92. The number of benzene rings is 2. The second kappa shape index (κ2) is 7.77. The molecule has 0 unspecified atom stereocenters. The second-order valence-corrected chi connectivity index (χ2v) is 5.59. The van der Waals surface area contributed by atoms with Gasteiger partial charge >= 0.3 is 0 Å². The molecule has 0 aliphatic carbocycles. The van der Waals surface area contributed by atoms with Crippen LogP contribution < -0.4 is 10.1 Å². The zero-order valence-corrected chi connectivity index (χ0v) is 13.7. The van der Waals surface area contributed by atoms with Gasteiger partial charge in [-0.2, -0.15) is 0 Å². The maximum absolute atomic E-state index is 13.7. The Balaban J connectivity index is 2.02. The molecule has 23 heavy (non-hydrogen) atoms. The van der Waals surface area contributed by atoms with E-state index in [9.17, 15) is 9.18 Å². The summed E-state index contributed by atoms with van der Waals surface area (Å²) in [6.45, 7) is 5.77. The van der Waals surface area contributed by atoms with E-state index in [1.165, 1.54) is 17.7 Å². The van der Waals surface area contributed by atoms with Crippen molar-refractivity contribution in [2.45, 2.75) is 39.3 Å². The van der Waals surface area contributed by atoms with Gasteiger partial charge in [0, 0.05) is 0 Å². The number of rotatable bonds is 6. The minimum atomic E-state index is -0.722. The van der Waals surface area contributed by atoms with Crippen LogP contribution in [-0.2, 0) is 4.79 Å². The van der Waals surface area contributed by atoms with E-state index in [-0.39, 0.29) is 17.7 Å². The van der Waals surface area contributed by atoms with Crippen molar-refractivity contribution in [1.82, 2.24) is 5.32 Å². The number of hydrogen-bond donors (Lipinski definition) is 1. The predicted molar refractivity (Wildman–Crippen MR) is 88.8 cm³/mol. The zero-order valence-electron chi connectivity index (χ0n) is 13.7. The number of hydrogen-bond acceptors (Lipinski definition) is 2. The number of amides is 1. The highest BCUT2D eigenvalue weighted by Gasteiger charge is 2.21. The maximum atomic E-state index is 13.7. The lowest BCUT2D eigenvalue weighted by atomic mass is 10.1. The van der Waals surface area contributed by atoms with Crippen molar-refractivity contribution in [2.75, 3.05) is 0 Å². The van der Waals surface area contributed by atoms with Crippen LogP contribution in [0.1, 0.15) is 37.4 Å². The van der Waals surface area contributed by atoms with E-state index in [2.05, 4.69) is 5.32 Å². The number of carbonyl (C=O) groups excluding carboxylic acids is 1. The summed E-state index contributed by atoms with van der Waals surface area (Å²) in [5.74, 6) is -0.619. The molecular formula is C19H22FNO2. The number of para-hydroxylation sites is 1. The summed E-state index contributed by atoms with van der Waals surface area (Å²) in [6, 6.07) is 13.9. The molecule has 0 heterocycles. The Morgan fingerprint density at radius 1 is 1.17 bits per heavy atom. The number of nitrogens with one attached hydrogen (secondary N) is 1. The Kier molecular flexibility index (Phi) is 5.74. The Morgan fingerprint density at radius 3 is 2.43 bits per heavy atom. The van der Waals surface area contributed by atoms with Crippen molar-refractivity contribution in [1.29, 1.82) is 0 Å². The first-order chi connectivity index (χ1) is 11.0. The zero-order chi connectivity index (χ0) is 16.8. The number of halogens is 1. The van der Waals surface area contributed by atoms with Gasteiger partial charge in [0.1, 0.15) is 0 Å². The molecule has 2 atom stereocenters. The quantitative estimate of drug-likeness (QED) is 0.869. The van der Waals surface area contributed by atoms with E-state index >= 15 is 0 Å². The van der Waals surface area contributed by atoms with Gasteiger partial charge in [-0.25, -0.2) is 4.39 Å². The molecule has 0 saturated carbocycles. The van der Waals surface area contributed by atoms with E-state index < -0.39 is 11.9 Å². The Labute approximate surface area is 136 Å². The van der Waals surface area contributed by atoms with Gasteiger partial charge in [0.2, 0.25) is 0 Å². The van der Waals surface area contributed by atoms with Crippen LogP contribution in [0.3, 0.4) is 0 Å². The van der Waals surface area contributed by atoms with Crippen LogP contribution in [0.5, 0.6) is 5.75 Å². The molecule has 0 radical (unpaired) electrons. The van der Waals surface area contributed by atoms with Gasteiger partial charge in [0.15, 0.2) is 17.7 Å². The lowest BCUT2D eigenvalue weighted by molar-refractivity contribution is -0.128. The topological polar surface area (TPSA) is 38.3 Å². The third kappa shape index (κ3) is 4.55. The van der Waals surface area contributed by atoms with Gasteiger partial charge in [-0.05, 0) is 38.0 Å². The summed E-state index contributed by atoms with van der Waals surface area (Å²) in [6.07, 6.45) is -0.263. The number of ether oxygens (including phenoxy) is 1. The highest BCUT2D eigenvalue weighted by atomic mass is 19.1. The Bertz CT molecular complexity index is 655. The number of carbonyl (C=O) groups is 1. The van der Waals surface area contributed by atoms with E-state index in [1.54, 1.807) is 12.1 Å². The minimum absolute atomic E-state index is 0.0949. The molecule has 4 heteroatoms. The molecular weight excluding hydrogens is 293 g/mol. The van der Waals surface area contributed by atoms with Crippen molar-refractivity contribution in [2.24, 2.45) is 0 Å². The molecule has 2 aromatic rings. The molecule has 0 aliphatic heterocycles. The van der Waals surface area contributed by atoms with Gasteiger partial charge in [-0.3, -0.25) is 4.79 Å². The molecule has 2 rings (SSSR count). The second-order valence-electron chi connectivity index (χ2n) is 5.59. The van der Waals surface area contributed by atoms with Crippen LogP contribution in [0.25, 0.3) is 0 Å². The average Bonchev–Trinajstić information content (AvgIpc) is 2.54. The fraction of sp³-hybridized carbons (Fsp3) is 0.316. The van der Waals surface area contributed by atoms with E-state index in [1.807, 2.05) is 45.0 Å². The highest BCUT2D eigenvalue weighted by molar-refractivity contribution is 5.81. The summed E-state index contributed by atoms with van der Waals surface area (Å²) < 4.78 is 19.2. The summed E-state index contributed by atoms with van der Waals surface area (Å²) in [4.78, 5) is 12.4. The van der Waals surface area contributed by atoms with Crippen molar-refractivity contribution >= 4 is 5.91 Å². The molecule has 0 aliphatic rings. The van der Waals surface area contributed by atoms with Crippen LogP contribution in [-0.4, -0.2) is 12.0 Å². The first kappa shape index (κ1) is 17.0. The molecule has 2 aromatic carbocycles. The lowest BCUT2D eigenvalue weighted by Gasteiger charge is -2.21. The van der Waals surface area contributed by atoms with Crippen molar-refractivity contribution in [3.05, 3.63) is 65.5 Å². The largest absolute Gasteiger partial charge is 0.478 e. The summed E-state index contributed by atoms with van der Waals surface area (Å²) in [5.41, 5.74) is 2.19. The fourth-order valence-corrected chi connectivity index (χ4v) is 2.26. The lowest BCUT2D eigenvalue weighted by Crippen LogP contribution is -2.39. The average molecular weight is 315 g/mol. The van der Waals surface area contributed by atoms with Crippen LogP contribution >= 0.6 is 0 Å². The molecule has 0 saturated heterocycles. The van der Waals surface area contributed by atoms with Crippen LogP contribution in [0, 0.1) is 12.7 Å². The SMILES string of the molecule is CC[C@H](Oc1ccccc1F)C(=O)N[C@@H](C)c1ccc(C)cc1. The fourth-order valence-electron chi connectivity index (χ4n) is 2.26. The van der Waals surface area contributed by atoms with Crippen LogP contribution in [0.4, 0.5) is 4.39 Å². The highest BCUT2D eigenvalue weighted by Crippen LogP contribution is 2.19. The Morgan fingerprint density at radius 2 is 1.83 bits per heavy atom. The van der Waals surface area contributed by atoms with Crippen molar-refractivity contribution in [3.8, 4) is 5.75 Å². The molecule has 0 bridgehead atoms. The maximum Gasteiger partial charge on any atom is 0.261 e. The van der Waals surface area contributed by atoms with Crippen LogP contribution in [0.2, 0.25) is 0 Å². The standard InChI is InChI=1S/C19H22FNO2/c1-4-17(23-18-8-6-5-7-16(18)20)19(22)21-14(3)15-11-9-13(2)10-12-15/h5-12,14,17H,4H2,1-3H3,(H,21,22)/t14-,17-/m0/s1. The third-order valence-electron chi connectivity index (χ3n) is 3.71. The molecule has 0 spiro atoms. The van der Waals surface area contributed by atoms with Gasteiger partial charge in [0.25, 0.3) is 5.91 Å². The summed E-state index contributed by atoms with van der Waals surface area (Å²) >= 11 is 0. The van der Waals surface area contributed by atoms with Crippen LogP contribution in [0.15, 0.2) is 48.5 Å². The minimum Gasteiger partial charge on any atom is -0.478 e. The van der Waals surface area contributed by atoms with Gasteiger partial charge in [0.05, 0.1) is 6.04 Å². The molecule has 0 fully saturated rings. The predicted octanol–water partition coefficient (Wildman–Crippen LogP) is 4.17. The molecule has 122 valence electrons. The van der Waals surface area contributed by atoms with E-state index in [4.69, 9.17) is 4.74 Å². The third-order valence-corrected chi connectivity index (χ3v) is 3.71. The van der Waals surface area contributed by atoms with E-state index in [0.717, 1.165) is 5.56 Å². The van der Waals surface area contributed by atoms with Gasteiger partial charge in [-0.1, -0.05) is 48.9 Å². The number of aryl methyl sites for hydroxylation is 1.